The summed E-state index contributed by atoms with van der Waals surface area (Å²) in [5, 5.41) is 4.16. The first kappa shape index (κ1) is 11.8. The van der Waals surface area contributed by atoms with Gasteiger partial charge in [0.2, 0.25) is 0 Å². The highest BCUT2D eigenvalue weighted by Gasteiger charge is 2.45. The van der Waals surface area contributed by atoms with Gasteiger partial charge in [-0.15, -0.1) is 0 Å². The second-order valence-corrected chi connectivity index (χ2v) is 5.90. The highest BCUT2D eigenvalue weighted by atomic mass is 32.1. The molecule has 3 rings (SSSR count). The molecule has 4 heteroatoms. The van der Waals surface area contributed by atoms with Crippen LogP contribution < -0.4 is 10.1 Å². The van der Waals surface area contributed by atoms with Crippen LogP contribution in [0.1, 0.15) is 36.1 Å². The summed E-state index contributed by atoms with van der Waals surface area (Å²) in [5.74, 6) is 0.985. The summed E-state index contributed by atoms with van der Waals surface area (Å²) in [7, 11) is 1.98. The number of thiocarbonyl (C=S) groups is 1. The van der Waals surface area contributed by atoms with Gasteiger partial charge in [-0.2, -0.15) is 0 Å². The number of nitrogens with one attached hydrogen (secondary N) is 1. The molecule has 18 heavy (non-hydrogen) atoms. The monoisotopic (exact) mass is 262 g/mol. The zero-order chi connectivity index (χ0) is 13.1. The van der Waals surface area contributed by atoms with E-state index in [1.54, 1.807) is 0 Å². The summed E-state index contributed by atoms with van der Waals surface area (Å²) in [6.07, 6.45) is 0.916. The van der Waals surface area contributed by atoms with Gasteiger partial charge < -0.3 is 15.0 Å². The molecule has 2 unspecified atom stereocenters. The first-order valence-corrected chi connectivity index (χ1v) is 6.66. The smallest absolute Gasteiger partial charge is 0.183 e. The van der Waals surface area contributed by atoms with Crippen LogP contribution in [0.4, 0.5) is 0 Å². The van der Waals surface area contributed by atoms with Crippen LogP contribution in [0.5, 0.6) is 5.75 Å². The standard InChI is InChI=1S/C14H18N2OS/c1-8-5-10-11-7-14(3,16(4)13(18)15-11)17-12(10)6-9(8)2/h5-6,11H,7H2,1-4H3,(H,15,18). The van der Waals surface area contributed by atoms with Crippen LogP contribution >= 0.6 is 12.2 Å². The minimum absolute atomic E-state index is 0.266. The van der Waals surface area contributed by atoms with Crippen LogP contribution in [0.3, 0.4) is 0 Å². The van der Waals surface area contributed by atoms with Crippen molar-refractivity contribution >= 4 is 17.3 Å². The van der Waals surface area contributed by atoms with E-state index in [4.69, 9.17) is 17.0 Å². The molecule has 0 saturated carbocycles. The van der Waals surface area contributed by atoms with E-state index in [1.807, 2.05) is 11.9 Å². The number of aryl methyl sites for hydroxylation is 2. The Morgan fingerprint density at radius 3 is 2.78 bits per heavy atom. The van der Waals surface area contributed by atoms with E-state index in [0.29, 0.717) is 0 Å². The molecule has 2 aliphatic heterocycles. The molecule has 0 radical (unpaired) electrons. The van der Waals surface area contributed by atoms with Crippen LogP contribution in [0.25, 0.3) is 0 Å². The van der Waals surface area contributed by atoms with Gasteiger partial charge in [0, 0.05) is 19.0 Å². The van der Waals surface area contributed by atoms with Crippen LogP contribution in [0.15, 0.2) is 12.1 Å². The van der Waals surface area contributed by atoms with E-state index in [0.717, 1.165) is 17.3 Å². The molecule has 0 amide bonds. The number of rotatable bonds is 0. The maximum Gasteiger partial charge on any atom is 0.183 e. The highest BCUT2D eigenvalue weighted by Crippen LogP contribution is 2.44. The predicted molar refractivity (Wildman–Crippen MR) is 75.8 cm³/mol. The van der Waals surface area contributed by atoms with E-state index >= 15 is 0 Å². The number of nitrogens with zero attached hydrogens (tertiary/aromatic N) is 1. The van der Waals surface area contributed by atoms with Crippen LogP contribution in [-0.4, -0.2) is 22.8 Å². The third-order valence-electron chi connectivity index (χ3n) is 4.23. The van der Waals surface area contributed by atoms with E-state index in [9.17, 15) is 0 Å². The molecular weight excluding hydrogens is 244 g/mol. The Labute approximate surface area is 113 Å². The molecule has 2 atom stereocenters. The summed E-state index contributed by atoms with van der Waals surface area (Å²) in [4.78, 5) is 2.01. The number of hydrogen-bond acceptors (Lipinski definition) is 2. The fraction of sp³-hybridized carbons (Fsp3) is 0.500. The molecule has 0 aromatic heterocycles. The third-order valence-corrected chi connectivity index (χ3v) is 4.62. The molecular formula is C14H18N2OS. The van der Waals surface area contributed by atoms with Gasteiger partial charge in [-0.3, -0.25) is 0 Å². The average molecular weight is 262 g/mol. The molecule has 2 aliphatic rings. The Hall–Kier alpha value is -1.29. The average Bonchev–Trinajstić information content (AvgIpc) is 2.29. The van der Waals surface area contributed by atoms with Crippen molar-refractivity contribution in [2.24, 2.45) is 0 Å². The Balaban J connectivity index is 2.14. The summed E-state index contributed by atoms with van der Waals surface area (Å²) >= 11 is 5.38. The predicted octanol–water partition coefficient (Wildman–Crippen LogP) is 2.66. The van der Waals surface area contributed by atoms with Gasteiger partial charge in [-0.1, -0.05) is 6.07 Å². The van der Waals surface area contributed by atoms with Crippen molar-refractivity contribution in [3.63, 3.8) is 0 Å². The largest absolute Gasteiger partial charge is 0.468 e. The van der Waals surface area contributed by atoms with Gasteiger partial charge in [0.25, 0.3) is 0 Å². The van der Waals surface area contributed by atoms with Crippen molar-refractivity contribution in [3.8, 4) is 5.75 Å². The van der Waals surface area contributed by atoms with Gasteiger partial charge >= 0.3 is 0 Å². The molecule has 0 spiro atoms. The van der Waals surface area contributed by atoms with E-state index < -0.39 is 0 Å². The lowest BCUT2D eigenvalue weighted by molar-refractivity contribution is -0.0562. The molecule has 1 N–H and O–H groups in total. The fourth-order valence-electron chi connectivity index (χ4n) is 2.73. The van der Waals surface area contributed by atoms with Gasteiger partial charge in [0.05, 0.1) is 6.04 Å². The summed E-state index contributed by atoms with van der Waals surface area (Å²) < 4.78 is 6.21. The quantitative estimate of drug-likeness (QED) is 0.727. The highest BCUT2D eigenvalue weighted by molar-refractivity contribution is 7.80. The lowest BCUT2D eigenvalue weighted by Gasteiger charge is -2.51. The topological polar surface area (TPSA) is 24.5 Å². The Kier molecular flexibility index (Phi) is 2.36. The molecule has 1 saturated heterocycles. The van der Waals surface area contributed by atoms with Crippen molar-refractivity contribution in [1.82, 2.24) is 10.2 Å². The molecule has 0 aliphatic carbocycles. The van der Waals surface area contributed by atoms with Crippen LogP contribution in [0.2, 0.25) is 0 Å². The number of fused-ring (bicyclic) bond motifs is 4. The van der Waals surface area contributed by atoms with Crippen molar-refractivity contribution in [2.75, 3.05) is 7.05 Å². The third kappa shape index (κ3) is 1.52. The van der Waals surface area contributed by atoms with Crippen molar-refractivity contribution < 1.29 is 4.74 Å². The van der Waals surface area contributed by atoms with Gasteiger partial charge in [-0.05, 0) is 50.2 Å². The van der Waals surface area contributed by atoms with Gasteiger partial charge in [0.15, 0.2) is 10.8 Å². The lowest BCUT2D eigenvalue weighted by atomic mass is 9.89. The molecule has 2 heterocycles. The zero-order valence-corrected chi connectivity index (χ0v) is 12.0. The molecule has 96 valence electrons. The minimum Gasteiger partial charge on any atom is -0.468 e. The van der Waals surface area contributed by atoms with Crippen molar-refractivity contribution in [3.05, 3.63) is 28.8 Å². The Morgan fingerprint density at radius 2 is 2.06 bits per heavy atom. The fourth-order valence-corrected chi connectivity index (χ4v) is 3.07. The van der Waals surface area contributed by atoms with E-state index in [2.05, 4.69) is 38.2 Å². The van der Waals surface area contributed by atoms with Gasteiger partial charge in [-0.25, -0.2) is 0 Å². The van der Waals surface area contributed by atoms with Crippen LogP contribution in [0, 0.1) is 13.8 Å². The molecule has 1 fully saturated rings. The maximum absolute atomic E-state index is 6.21. The number of benzene rings is 1. The second-order valence-electron chi connectivity index (χ2n) is 5.52. The van der Waals surface area contributed by atoms with Gasteiger partial charge in [0.1, 0.15) is 5.75 Å². The Morgan fingerprint density at radius 1 is 1.39 bits per heavy atom. The molecule has 1 aromatic carbocycles. The molecule has 2 bridgehead atoms. The van der Waals surface area contributed by atoms with Crippen LogP contribution in [-0.2, 0) is 0 Å². The first-order chi connectivity index (χ1) is 8.40. The van der Waals surface area contributed by atoms with E-state index in [1.165, 1.54) is 16.7 Å². The lowest BCUT2D eigenvalue weighted by Crippen LogP contribution is -2.63. The zero-order valence-electron chi connectivity index (χ0n) is 11.2. The summed E-state index contributed by atoms with van der Waals surface area (Å²) in [6.45, 7) is 6.36. The summed E-state index contributed by atoms with van der Waals surface area (Å²) in [6, 6.07) is 4.62. The molecule has 3 nitrogen and oxygen atoms in total. The first-order valence-electron chi connectivity index (χ1n) is 6.25. The van der Waals surface area contributed by atoms with Crippen molar-refractivity contribution in [2.45, 2.75) is 39.0 Å². The maximum atomic E-state index is 6.21. The van der Waals surface area contributed by atoms with Crippen molar-refractivity contribution in [1.29, 1.82) is 0 Å². The Bertz CT molecular complexity index is 543. The van der Waals surface area contributed by atoms with E-state index in [-0.39, 0.29) is 11.8 Å². The second kappa shape index (κ2) is 3.60. The molecule has 1 aromatic rings. The normalized spacial score (nSPS) is 29.4. The number of hydrogen-bond donors (Lipinski definition) is 1. The number of ether oxygens (including phenoxy) is 1. The minimum atomic E-state index is -0.332. The summed E-state index contributed by atoms with van der Waals surface area (Å²) in [5.41, 5.74) is 3.46. The SMILES string of the molecule is Cc1cc2c(cc1C)C1CC(C)(O2)N(C)C(=S)N1.